The molecule has 1 saturated heterocycles. The highest BCUT2D eigenvalue weighted by molar-refractivity contribution is 5.69. The van der Waals surface area contributed by atoms with Crippen LogP contribution in [0.3, 0.4) is 0 Å². The minimum absolute atomic E-state index is 0.289. The van der Waals surface area contributed by atoms with Crippen molar-refractivity contribution in [1.82, 2.24) is 4.90 Å². The van der Waals surface area contributed by atoms with Gasteiger partial charge >= 0.3 is 6.09 Å². The monoisotopic (exact) mass is 297 g/mol. The number of amides is 1. The van der Waals surface area contributed by atoms with E-state index < -0.39 is 17.5 Å². The Bertz CT molecular complexity index is 398. The molecule has 0 saturated carbocycles. The third-order valence-corrected chi connectivity index (χ3v) is 2.99. The molecule has 120 valence electrons. The number of carbonyl (C=O) groups excluding carboxylic acids is 1. The van der Waals surface area contributed by atoms with E-state index in [1.54, 1.807) is 17.1 Å². The SMILES string of the molecule is C=CCN(C(=O)OC(C)(C)C)[C@H]1COC(C)(C)O[C@@H]1C=C. The summed E-state index contributed by atoms with van der Waals surface area (Å²) in [7, 11) is 0. The van der Waals surface area contributed by atoms with Gasteiger partial charge in [-0.3, -0.25) is 4.90 Å². The zero-order valence-electron chi connectivity index (χ0n) is 13.7. The Hall–Kier alpha value is -1.33. The van der Waals surface area contributed by atoms with E-state index >= 15 is 0 Å². The van der Waals surface area contributed by atoms with Crippen molar-refractivity contribution >= 4 is 6.09 Å². The second kappa shape index (κ2) is 6.62. The Morgan fingerprint density at radius 2 is 2.05 bits per heavy atom. The summed E-state index contributed by atoms with van der Waals surface area (Å²) in [5.74, 6) is -0.691. The summed E-state index contributed by atoms with van der Waals surface area (Å²) in [6.07, 6.45) is 2.62. The normalized spacial score (nSPS) is 25.0. The largest absolute Gasteiger partial charge is 0.444 e. The van der Waals surface area contributed by atoms with Crippen LogP contribution >= 0.6 is 0 Å². The van der Waals surface area contributed by atoms with Crippen molar-refractivity contribution in [2.24, 2.45) is 0 Å². The molecule has 0 bridgehead atoms. The van der Waals surface area contributed by atoms with E-state index in [9.17, 15) is 4.79 Å². The van der Waals surface area contributed by atoms with Gasteiger partial charge in [0.2, 0.25) is 0 Å². The van der Waals surface area contributed by atoms with Crippen LogP contribution in [0.1, 0.15) is 34.6 Å². The lowest BCUT2D eigenvalue weighted by Gasteiger charge is -2.44. The van der Waals surface area contributed by atoms with Crippen molar-refractivity contribution in [3.63, 3.8) is 0 Å². The molecule has 0 spiro atoms. The molecule has 0 N–H and O–H groups in total. The number of nitrogens with zero attached hydrogens (tertiary/aromatic N) is 1. The van der Waals surface area contributed by atoms with E-state index in [4.69, 9.17) is 14.2 Å². The van der Waals surface area contributed by atoms with Crippen molar-refractivity contribution in [2.75, 3.05) is 13.2 Å². The van der Waals surface area contributed by atoms with Crippen LogP contribution in [0.15, 0.2) is 25.3 Å². The molecular formula is C16H27NO4. The summed E-state index contributed by atoms with van der Waals surface area (Å²) in [6, 6.07) is -0.289. The molecule has 0 aromatic rings. The highest BCUT2D eigenvalue weighted by atomic mass is 16.7. The Labute approximate surface area is 127 Å². The molecular weight excluding hydrogens is 270 g/mol. The number of ether oxygens (including phenoxy) is 3. The van der Waals surface area contributed by atoms with Crippen LogP contribution in [0.2, 0.25) is 0 Å². The number of hydrogen-bond acceptors (Lipinski definition) is 4. The van der Waals surface area contributed by atoms with Gasteiger partial charge in [-0.1, -0.05) is 12.2 Å². The Morgan fingerprint density at radius 3 is 2.52 bits per heavy atom. The highest BCUT2D eigenvalue weighted by Crippen LogP contribution is 2.27. The van der Waals surface area contributed by atoms with Gasteiger partial charge in [0.25, 0.3) is 0 Å². The summed E-state index contributed by atoms with van der Waals surface area (Å²) in [5.41, 5.74) is -0.560. The van der Waals surface area contributed by atoms with E-state index in [1.165, 1.54) is 0 Å². The van der Waals surface area contributed by atoms with Gasteiger partial charge in [-0.15, -0.1) is 13.2 Å². The molecule has 5 nitrogen and oxygen atoms in total. The molecule has 0 aromatic heterocycles. The van der Waals surface area contributed by atoms with E-state index in [-0.39, 0.29) is 12.1 Å². The van der Waals surface area contributed by atoms with E-state index in [2.05, 4.69) is 13.2 Å². The average molecular weight is 297 g/mol. The molecule has 5 heteroatoms. The van der Waals surface area contributed by atoms with Crippen LogP contribution in [0.25, 0.3) is 0 Å². The fraction of sp³-hybridized carbons (Fsp3) is 0.688. The second-order valence-corrected chi connectivity index (χ2v) is 6.52. The predicted octanol–water partition coefficient (Wildman–Crippen LogP) is 3.12. The zero-order chi connectivity index (χ0) is 16.3. The first kappa shape index (κ1) is 17.7. The van der Waals surface area contributed by atoms with Crippen molar-refractivity contribution in [2.45, 2.75) is 58.2 Å². The van der Waals surface area contributed by atoms with Crippen molar-refractivity contribution in [1.29, 1.82) is 0 Å². The summed E-state index contributed by atoms with van der Waals surface area (Å²) < 4.78 is 16.9. The van der Waals surface area contributed by atoms with Crippen molar-refractivity contribution in [3.8, 4) is 0 Å². The van der Waals surface area contributed by atoms with Gasteiger partial charge in [0.1, 0.15) is 11.7 Å². The highest BCUT2D eigenvalue weighted by Gasteiger charge is 2.40. The molecule has 2 atom stereocenters. The predicted molar refractivity (Wildman–Crippen MR) is 82.0 cm³/mol. The smallest absolute Gasteiger partial charge is 0.411 e. The minimum atomic E-state index is -0.691. The Balaban J connectivity index is 2.91. The van der Waals surface area contributed by atoms with E-state index in [1.807, 2.05) is 34.6 Å². The van der Waals surface area contributed by atoms with E-state index in [0.717, 1.165) is 0 Å². The van der Waals surface area contributed by atoms with Gasteiger partial charge < -0.3 is 14.2 Å². The Morgan fingerprint density at radius 1 is 1.43 bits per heavy atom. The topological polar surface area (TPSA) is 48.0 Å². The van der Waals surface area contributed by atoms with Gasteiger partial charge in [0, 0.05) is 6.54 Å². The number of carbonyl (C=O) groups is 1. The molecule has 0 unspecified atom stereocenters. The van der Waals surface area contributed by atoms with Gasteiger partial charge in [-0.2, -0.15) is 0 Å². The lowest BCUT2D eigenvalue weighted by atomic mass is 10.1. The van der Waals surface area contributed by atoms with Crippen LogP contribution in [0, 0.1) is 0 Å². The van der Waals surface area contributed by atoms with E-state index in [0.29, 0.717) is 13.2 Å². The van der Waals surface area contributed by atoms with Gasteiger partial charge in [-0.25, -0.2) is 4.79 Å². The maximum Gasteiger partial charge on any atom is 0.411 e. The summed E-state index contributed by atoms with van der Waals surface area (Å²) in [4.78, 5) is 14.0. The van der Waals surface area contributed by atoms with Crippen molar-refractivity contribution < 1.29 is 19.0 Å². The molecule has 1 amide bonds. The third-order valence-electron chi connectivity index (χ3n) is 2.99. The zero-order valence-corrected chi connectivity index (χ0v) is 13.7. The second-order valence-electron chi connectivity index (χ2n) is 6.52. The molecule has 1 heterocycles. The first-order chi connectivity index (χ1) is 9.59. The average Bonchev–Trinajstić information content (AvgIpc) is 2.33. The number of rotatable bonds is 4. The van der Waals surface area contributed by atoms with Gasteiger partial charge in [-0.05, 0) is 34.6 Å². The third kappa shape index (κ3) is 5.17. The maximum absolute atomic E-state index is 12.4. The maximum atomic E-state index is 12.4. The summed E-state index contributed by atoms with van der Waals surface area (Å²) in [5, 5.41) is 0. The standard InChI is InChI=1S/C16H27NO4/c1-8-10-17(14(18)21-15(3,4)5)12-11-19-16(6,7)20-13(12)9-2/h8-9,12-13H,1-2,10-11H2,3-7H3/t12-,13+/m0/s1. The number of hydrogen-bond donors (Lipinski definition) is 0. The van der Waals surface area contributed by atoms with Crippen molar-refractivity contribution in [3.05, 3.63) is 25.3 Å². The molecule has 0 aliphatic carbocycles. The van der Waals surface area contributed by atoms with Crippen LogP contribution in [-0.2, 0) is 14.2 Å². The summed E-state index contributed by atoms with van der Waals surface area (Å²) in [6.45, 7) is 17.4. The molecule has 1 fully saturated rings. The first-order valence-electron chi connectivity index (χ1n) is 7.14. The van der Waals surface area contributed by atoms with Crippen LogP contribution in [0.5, 0.6) is 0 Å². The minimum Gasteiger partial charge on any atom is -0.444 e. The van der Waals surface area contributed by atoms with Gasteiger partial charge in [0.05, 0.1) is 12.6 Å². The van der Waals surface area contributed by atoms with Crippen LogP contribution < -0.4 is 0 Å². The van der Waals surface area contributed by atoms with Crippen LogP contribution in [-0.4, -0.2) is 47.7 Å². The molecule has 1 aliphatic rings. The molecule has 1 aliphatic heterocycles. The first-order valence-corrected chi connectivity index (χ1v) is 7.14. The molecule has 21 heavy (non-hydrogen) atoms. The fourth-order valence-corrected chi connectivity index (χ4v) is 2.10. The van der Waals surface area contributed by atoms with Crippen LogP contribution in [0.4, 0.5) is 4.79 Å². The molecule has 0 aromatic carbocycles. The quantitative estimate of drug-likeness (QED) is 0.748. The summed E-state index contributed by atoms with van der Waals surface area (Å²) >= 11 is 0. The van der Waals surface area contributed by atoms with Gasteiger partial charge in [0.15, 0.2) is 5.79 Å². The molecule has 0 radical (unpaired) electrons. The lowest BCUT2D eigenvalue weighted by molar-refractivity contribution is -0.281. The lowest BCUT2D eigenvalue weighted by Crippen LogP contribution is -2.57. The fourth-order valence-electron chi connectivity index (χ4n) is 2.10. The Kier molecular flexibility index (Phi) is 5.59. The molecule has 1 rings (SSSR count).